The number of fused-ring (bicyclic) bond motifs is 1. The van der Waals surface area contributed by atoms with E-state index >= 15 is 0 Å². The maximum absolute atomic E-state index is 12.1. The van der Waals surface area contributed by atoms with E-state index in [4.69, 9.17) is 4.74 Å². The van der Waals surface area contributed by atoms with Gasteiger partial charge in [0.15, 0.2) is 0 Å². The Hall–Kier alpha value is -2.04. The van der Waals surface area contributed by atoms with Crippen LogP contribution in [0.1, 0.15) is 37.4 Å². The molecular formula is C16H23N3O2. The number of methoxy groups -OCH3 is 1. The quantitative estimate of drug-likeness (QED) is 0.859. The van der Waals surface area contributed by atoms with Gasteiger partial charge in [0.25, 0.3) is 0 Å². The molecular weight excluding hydrogens is 266 g/mol. The third-order valence-electron chi connectivity index (χ3n) is 3.81. The Kier molecular flexibility index (Phi) is 4.50. The van der Waals surface area contributed by atoms with Gasteiger partial charge in [0.05, 0.1) is 18.1 Å². The van der Waals surface area contributed by atoms with Crippen molar-refractivity contribution in [1.29, 1.82) is 0 Å². The molecule has 0 aliphatic rings. The van der Waals surface area contributed by atoms with Crippen LogP contribution in [0.4, 0.5) is 5.95 Å². The minimum absolute atomic E-state index is 0.241. The molecule has 5 heteroatoms. The molecule has 0 aliphatic carbocycles. The van der Waals surface area contributed by atoms with E-state index in [9.17, 15) is 4.79 Å². The number of imidazole rings is 1. The monoisotopic (exact) mass is 289 g/mol. The van der Waals surface area contributed by atoms with Crippen molar-refractivity contribution < 1.29 is 9.53 Å². The lowest BCUT2D eigenvalue weighted by atomic mass is 10.1. The lowest BCUT2D eigenvalue weighted by Crippen LogP contribution is -2.22. The van der Waals surface area contributed by atoms with Crippen LogP contribution in [0.2, 0.25) is 0 Å². The fourth-order valence-electron chi connectivity index (χ4n) is 2.54. The minimum Gasteiger partial charge on any atom is -0.467 e. The summed E-state index contributed by atoms with van der Waals surface area (Å²) in [6.45, 7) is 8.87. The summed E-state index contributed by atoms with van der Waals surface area (Å²) in [5.74, 6) is 0.476. The smallest absolute Gasteiger partial charge is 0.328 e. The summed E-state index contributed by atoms with van der Waals surface area (Å²) in [7, 11) is 1.42. The van der Waals surface area contributed by atoms with E-state index in [1.165, 1.54) is 18.2 Å². The summed E-state index contributed by atoms with van der Waals surface area (Å²) < 4.78 is 6.90. The van der Waals surface area contributed by atoms with E-state index in [2.05, 4.69) is 36.3 Å². The summed E-state index contributed by atoms with van der Waals surface area (Å²) in [5.41, 5.74) is 4.25. The highest BCUT2D eigenvalue weighted by Gasteiger charge is 2.25. The van der Waals surface area contributed by atoms with Crippen LogP contribution in [0.5, 0.6) is 0 Å². The van der Waals surface area contributed by atoms with Gasteiger partial charge in [0.1, 0.15) is 6.04 Å². The maximum atomic E-state index is 12.1. The number of nitrogens with one attached hydrogen (secondary N) is 1. The molecule has 2 aromatic rings. The van der Waals surface area contributed by atoms with Crippen molar-refractivity contribution >= 4 is 23.0 Å². The number of ether oxygens (including phenoxy) is 1. The van der Waals surface area contributed by atoms with E-state index in [0.29, 0.717) is 6.42 Å². The van der Waals surface area contributed by atoms with Gasteiger partial charge in [-0.1, -0.05) is 6.92 Å². The molecule has 0 amide bonds. The lowest BCUT2D eigenvalue weighted by Gasteiger charge is -2.18. The molecule has 0 saturated carbocycles. The molecule has 21 heavy (non-hydrogen) atoms. The van der Waals surface area contributed by atoms with Crippen molar-refractivity contribution in [3.8, 4) is 0 Å². The third-order valence-corrected chi connectivity index (χ3v) is 3.81. The Bertz CT molecular complexity index is 661. The molecule has 0 spiro atoms. The number of aromatic nitrogens is 2. The van der Waals surface area contributed by atoms with Gasteiger partial charge in [0.2, 0.25) is 5.95 Å². The van der Waals surface area contributed by atoms with Crippen molar-refractivity contribution in [2.45, 2.75) is 40.2 Å². The van der Waals surface area contributed by atoms with E-state index in [0.717, 1.165) is 23.5 Å². The molecule has 0 bridgehead atoms. The zero-order valence-electron chi connectivity index (χ0n) is 13.4. The first kappa shape index (κ1) is 15.4. The second-order valence-corrected chi connectivity index (χ2v) is 5.21. The lowest BCUT2D eigenvalue weighted by molar-refractivity contribution is -0.144. The molecule has 1 atom stereocenters. The molecule has 1 aromatic heterocycles. The van der Waals surface area contributed by atoms with Crippen LogP contribution in [-0.2, 0) is 9.53 Å². The Balaban J connectivity index is 2.70. The SMILES string of the molecule is CCNc1nc2cc(C)c(C)cc2n1C(CC)C(=O)OC. The van der Waals surface area contributed by atoms with Crippen molar-refractivity contribution in [2.24, 2.45) is 0 Å². The number of hydrogen-bond acceptors (Lipinski definition) is 4. The summed E-state index contributed by atoms with van der Waals surface area (Å²) >= 11 is 0. The standard InChI is InChI=1S/C16H23N3O2/c1-6-13(15(20)21-5)19-14-9-11(4)10(3)8-12(14)18-16(19)17-7-2/h8-9,13H,6-7H2,1-5H3,(H,17,18). The zero-order chi connectivity index (χ0) is 15.6. The summed E-state index contributed by atoms with van der Waals surface area (Å²) in [5, 5.41) is 3.24. The molecule has 0 aliphatic heterocycles. The highest BCUT2D eigenvalue weighted by atomic mass is 16.5. The molecule has 114 valence electrons. The number of anilines is 1. The van der Waals surface area contributed by atoms with Crippen molar-refractivity contribution in [2.75, 3.05) is 19.0 Å². The van der Waals surface area contributed by atoms with Crippen LogP contribution in [0.15, 0.2) is 12.1 Å². The Morgan fingerprint density at radius 1 is 1.33 bits per heavy atom. The maximum Gasteiger partial charge on any atom is 0.328 e. The number of esters is 1. The predicted octanol–water partition coefficient (Wildman–Crippen LogP) is 3.21. The average molecular weight is 289 g/mol. The van der Waals surface area contributed by atoms with Crippen LogP contribution in [-0.4, -0.2) is 29.2 Å². The topological polar surface area (TPSA) is 56.2 Å². The second kappa shape index (κ2) is 6.16. The largest absolute Gasteiger partial charge is 0.467 e. The molecule has 0 fully saturated rings. The van der Waals surface area contributed by atoms with Gasteiger partial charge in [0, 0.05) is 6.54 Å². The number of benzene rings is 1. The molecule has 0 radical (unpaired) electrons. The van der Waals surface area contributed by atoms with Crippen LogP contribution in [0.25, 0.3) is 11.0 Å². The number of aryl methyl sites for hydroxylation is 2. The highest BCUT2D eigenvalue weighted by Crippen LogP contribution is 2.29. The number of carbonyl (C=O) groups excluding carboxylic acids is 1. The van der Waals surface area contributed by atoms with Gasteiger partial charge in [-0.2, -0.15) is 0 Å². The van der Waals surface area contributed by atoms with E-state index < -0.39 is 0 Å². The van der Waals surface area contributed by atoms with Gasteiger partial charge < -0.3 is 10.1 Å². The second-order valence-electron chi connectivity index (χ2n) is 5.21. The van der Waals surface area contributed by atoms with Crippen molar-refractivity contribution in [3.05, 3.63) is 23.3 Å². The number of nitrogens with zero attached hydrogens (tertiary/aromatic N) is 2. The highest BCUT2D eigenvalue weighted by molar-refractivity contribution is 5.84. The first-order chi connectivity index (χ1) is 10.0. The molecule has 1 unspecified atom stereocenters. The molecule has 1 N–H and O–H groups in total. The molecule has 2 rings (SSSR count). The first-order valence-electron chi connectivity index (χ1n) is 7.34. The van der Waals surface area contributed by atoms with Gasteiger partial charge in [-0.15, -0.1) is 0 Å². The van der Waals surface area contributed by atoms with Gasteiger partial charge in [-0.3, -0.25) is 4.57 Å². The van der Waals surface area contributed by atoms with Gasteiger partial charge >= 0.3 is 5.97 Å². The molecule has 1 aromatic carbocycles. The Labute approximate surface area is 125 Å². The number of carbonyl (C=O) groups is 1. The first-order valence-corrected chi connectivity index (χ1v) is 7.34. The van der Waals surface area contributed by atoms with Crippen molar-refractivity contribution in [1.82, 2.24) is 9.55 Å². The minimum atomic E-state index is -0.365. The van der Waals surface area contributed by atoms with Crippen LogP contribution >= 0.6 is 0 Å². The summed E-state index contributed by atoms with van der Waals surface area (Å²) in [6.07, 6.45) is 0.656. The van der Waals surface area contributed by atoms with E-state index in [1.54, 1.807) is 0 Å². The molecule has 0 saturated heterocycles. The fraction of sp³-hybridized carbons (Fsp3) is 0.500. The third kappa shape index (κ3) is 2.73. The Morgan fingerprint density at radius 3 is 2.57 bits per heavy atom. The average Bonchev–Trinajstić information content (AvgIpc) is 2.78. The van der Waals surface area contributed by atoms with Crippen LogP contribution in [0, 0.1) is 13.8 Å². The van der Waals surface area contributed by atoms with E-state index in [-0.39, 0.29) is 12.0 Å². The fourth-order valence-corrected chi connectivity index (χ4v) is 2.54. The number of hydrogen-bond donors (Lipinski definition) is 1. The van der Waals surface area contributed by atoms with Gasteiger partial charge in [-0.05, 0) is 50.5 Å². The Morgan fingerprint density at radius 2 is 2.00 bits per heavy atom. The van der Waals surface area contributed by atoms with Crippen LogP contribution < -0.4 is 5.32 Å². The normalized spacial score (nSPS) is 12.4. The predicted molar refractivity (Wildman–Crippen MR) is 84.7 cm³/mol. The molecule has 5 nitrogen and oxygen atoms in total. The zero-order valence-corrected chi connectivity index (χ0v) is 13.4. The number of rotatable bonds is 5. The van der Waals surface area contributed by atoms with Crippen molar-refractivity contribution in [3.63, 3.8) is 0 Å². The van der Waals surface area contributed by atoms with Crippen LogP contribution in [0.3, 0.4) is 0 Å². The van der Waals surface area contributed by atoms with E-state index in [1.807, 2.05) is 18.4 Å². The summed E-state index contributed by atoms with van der Waals surface area (Å²) in [4.78, 5) is 16.7. The molecule has 1 heterocycles. The summed E-state index contributed by atoms with van der Waals surface area (Å²) in [6, 6.07) is 3.78. The van der Waals surface area contributed by atoms with Gasteiger partial charge in [-0.25, -0.2) is 9.78 Å².